The number of carbonyl (C=O) groups is 2. The fourth-order valence-corrected chi connectivity index (χ4v) is 4.83. The number of likely N-dealkylation sites (tertiary alicyclic amines) is 1. The summed E-state index contributed by atoms with van der Waals surface area (Å²) in [6.45, 7) is 5.34. The van der Waals surface area contributed by atoms with Gasteiger partial charge in [-0.05, 0) is 38.3 Å². The Kier molecular flexibility index (Phi) is 5.95. The molecule has 9 nitrogen and oxygen atoms in total. The number of urea groups is 1. The maximum Gasteiger partial charge on any atom is 0.322 e. The van der Waals surface area contributed by atoms with E-state index in [1.165, 1.54) is 36.3 Å². The summed E-state index contributed by atoms with van der Waals surface area (Å²) in [4.78, 5) is 42.3. The van der Waals surface area contributed by atoms with Crippen molar-refractivity contribution in [3.63, 3.8) is 0 Å². The number of nitro groups is 1. The standard InChI is InChI=1S/C22H29N5O4/c1-15-7-3-4-10-25(15)11-6-12-26-14-18-19(21(26)28)20(23-22(29)24(18)2)16-8-5-9-17(13-16)27(30)31/h5,8-9,13,15,20H,3-4,6-7,10-12,14H2,1-2H3,(H,23,29)/t15-,20-/m0/s1. The van der Waals surface area contributed by atoms with Gasteiger partial charge in [-0.3, -0.25) is 19.8 Å². The van der Waals surface area contributed by atoms with Crippen molar-refractivity contribution in [1.82, 2.24) is 20.0 Å². The van der Waals surface area contributed by atoms with E-state index in [2.05, 4.69) is 17.1 Å². The first-order chi connectivity index (χ1) is 14.9. The van der Waals surface area contributed by atoms with Crippen LogP contribution in [0, 0.1) is 10.1 Å². The smallest absolute Gasteiger partial charge is 0.322 e. The molecule has 9 heteroatoms. The van der Waals surface area contributed by atoms with Crippen molar-refractivity contribution in [1.29, 1.82) is 0 Å². The minimum atomic E-state index is -0.682. The van der Waals surface area contributed by atoms with Crippen molar-refractivity contribution in [2.75, 3.05) is 33.2 Å². The molecule has 1 aromatic rings. The molecule has 1 N–H and O–H groups in total. The highest BCUT2D eigenvalue weighted by Crippen LogP contribution is 2.36. The summed E-state index contributed by atoms with van der Waals surface area (Å²) in [5.74, 6) is -0.106. The van der Waals surface area contributed by atoms with Crippen molar-refractivity contribution in [2.45, 2.75) is 44.7 Å². The van der Waals surface area contributed by atoms with Crippen LogP contribution in [0.5, 0.6) is 0 Å². The maximum atomic E-state index is 13.3. The van der Waals surface area contributed by atoms with E-state index < -0.39 is 11.0 Å². The van der Waals surface area contributed by atoms with Gasteiger partial charge in [0.15, 0.2) is 0 Å². The number of hydrogen-bond donors (Lipinski definition) is 1. The molecule has 0 saturated carbocycles. The number of non-ortho nitro benzene ring substituents is 1. The zero-order chi connectivity index (χ0) is 22.1. The molecule has 3 heterocycles. The highest BCUT2D eigenvalue weighted by Gasteiger charge is 2.42. The average molecular weight is 428 g/mol. The molecule has 2 atom stereocenters. The molecule has 3 aliphatic heterocycles. The Morgan fingerprint density at radius 3 is 2.77 bits per heavy atom. The lowest BCUT2D eigenvalue weighted by molar-refractivity contribution is -0.384. The molecular formula is C22H29N5O4. The summed E-state index contributed by atoms with van der Waals surface area (Å²) < 4.78 is 0. The van der Waals surface area contributed by atoms with Gasteiger partial charge in [-0.2, -0.15) is 0 Å². The third kappa shape index (κ3) is 4.14. The normalized spacial score (nSPS) is 24.5. The Bertz CT molecular complexity index is 930. The van der Waals surface area contributed by atoms with Crippen molar-refractivity contribution in [3.8, 4) is 0 Å². The molecule has 0 spiro atoms. The highest BCUT2D eigenvalue weighted by atomic mass is 16.6. The van der Waals surface area contributed by atoms with Crippen LogP contribution >= 0.6 is 0 Å². The van der Waals surface area contributed by atoms with Crippen LogP contribution in [0.15, 0.2) is 35.5 Å². The minimum Gasteiger partial charge on any atom is -0.333 e. The molecule has 3 amide bonds. The first-order valence-electron chi connectivity index (χ1n) is 10.9. The first kappa shape index (κ1) is 21.3. The molecule has 31 heavy (non-hydrogen) atoms. The zero-order valence-corrected chi connectivity index (χ0v) is 18.0. The van der Waals surface area contributed by atoms with Crippen LogP contribution in [0.2, 0.25) is 0 Å². The number of nitrogens with one attached hydrogen (secondary N) is 1. The molecular weight excluding hydrogens is 398 g/mol. The number of nitro benzene ring substituents is 1. The second-order valence-electron chi connectivity index (χ2n) is 8.62. The minimum absolute atomic E-state index is 0.0641. The lowest BCUT2D eigenvalue weighted by Gasteiger charge is -2.33. The van der Waals surface area contributed by atoms with E-state index in [9.17, 15) is 19.7 Å². The highest BCUT2D eigenvalue weighted by molar-refractivity contribution is 6.01. The van der Waals surface area contributed by atoms with E-state index >= 15 is 0 Å². The third-order valence-electron chi connectivity index (χ3n) is 6.66. The Balaban J connectivity index is 1.50. The Labute approximate surface area is 181 Å². The average Bonchev–Trinajstić information content (AvgIpc) is 3.09. The lowest BCUT2D eigenvalue weighted by Crippen LogP contribution is -2.45. The van der Waals surface area contributed by atoms with Crippen molar-refractivity contribution in [3.05, 3.63) is 51.2 Å². The number of likely N-dealkylation sites (N-methyl/N-ethyl adjacent to an activating group) is 1. The number of carbonyl (C=O) groups excluding carboxylic acids is 2. The number of piperidine rings is 1. The number of rotatable bonds is 6. The Morgan fingerprint density at radius 2 is 2.03 bits per heavy atom. The van der Waals surface area contributed by atoms with Gasteiger partial charge in [-0.15, -0.1) is 0 Å². The van der Waals surface area contributed by atoms with Crippen LogP contribution < -0.4 is 5.32 Å². The van der Waals surface area contributed by atoms with Crippen LogP contribution in [0.3, 0.4) is 0 Å². The molecule has 1 aromatic carbocycles. The Hall–Kier alpha value is -2.94. The van der Waals surface area contributed by atoms with Crippen LogP contribution in [0.1, 0.15) is 44.2 Å². The molecule has 0 unspecified atom stereocenters. The molecule has 1 saturated heterocycles. The van der Waals surface area contributed by atoms with Crippen LogP contribution in [0.25, 0.3) is 0 Å². The van der Waals surface area contributed by atoms with E-state index in [0.717, 1.165) is 19.5 Å². The van der Waals surface area contributed by atoms with Gasteiger partial charge < -0.3 is 15.1 Å². The number of benzene rings is 1. The SMILES string of the molecule is C[C@H]1CCCCN1CCCN1CC2=C(C1=O)[C@H](c1cccc([N+](=O)[O-])c1)NC(=O)N2C. The first-order valence-corrected chi connectivity index (χ1v) is 10.9. The van der Waals surface area contributed by atoms with E-state index in [1.54, 1.807) is 24.1 Å². The predicted molar refractivity (Wildman–Crippen MR) is 115 cm³/mol. The molecule has 0 aromatic heterocycles. The van der Waals surface area contributed by atoms with E-state index in [-0.39, 0.29) is 17.6 Å². The van der Waals surface area contributed by atoms with E-state index in [0.29, 0.717) is 36.0 Å². The van der Waals surface area contributed by atoms with Gasteiger partial charge >= 0.3 is 6.03 Å². The topological polar surface area (TPSA) is 99.0 Å². The van der Waals surface area contributed by atoms with E-state index in [1.807, 2.05) is 0 Å². The van der Waals surface area contributed by atoms with Gasteiger partial charge in [0.2, 0.25) is 0 Å². The van der Waals surface area contributed by atoms with E-state index in [4.69, 9.17) is 0 Å². The van der Waals surface area contributed by atoms with Gasteiger partial charge in [0.05, 0.1) is 28.8 Å². The summed E-state index contributed by atoms with van der Waals surface area (Å²) in [5, 5.41) is 14.0. The maximum absolute atomic E-state index is 13.3. The summed E-state index contributed by atoms with van der Waals surface area (Å²) in [7, 11) is 1.65. The quantitative estimate of drug-likeness (QED) is 0.556. The van der Waals surface area contributed by atoms with Crippen LogP contribution in [-0.2, 0) is 4.79 Å². The lowest BCUT2D eigenvalue weighted by atomic mass is 9.95. The van der Waals surface area contributed by atoms with Crippen molar-refractivity contribution < 1.29 is 14.5 Å². The number of hydrogen-bond acceptors (Lipinski definition) is 5. The molecule has 1 fully saturated rings. The van der Waals surface area contributed by atoms with Gasteiger partial charge in [-0.25, -0.2) is 4.79 Å². The van der Waals surface area contributed by atoms with Gasteiger partial charge in [0.25, 0.3) is 11.6 Å². The fourth-order valence-electron chi connectivity index (χ4n) is 4.83. The monoisotopic (exact) mass is 427 g/mol. The molecule has 0 bridgehead atoms. The second kappa shape index (κ2) is 8.66. The fraction of sp³-hybridized carbons (Fsp3) is 0.545. The van der Waals surface area contributed by atoms with Crippen molar-refractivity contribution >= 4 is 17.6 Å². The number of amides is 3. The molecule has 166 valence electrons. The summed E-state index contributed by atoms with van der Waals surface area (Å²) in [6, 6.07) is 5.71. The van der Waals surface area contributed by atoms with Crippen molar-refractivity contribution in [2.24, 2.45) is 0 Å². The molecule has 3 aliphatic rings. The van der Waals surface area contributed by atoms with Crippen LogP contribution in [0.4, 0.5) is 10.5 Å². The summed E-state index contributed by atoms with van der Waals surface area (Å²) in [5.41, 5.74) is 1.66. The Morgan fingerprint density at radius 1 is 1.23 bits per heavy atom. The zero-order valence-electron chi connectivity index (χ0n) is 18.0. The summed E-state index contributed by atoms with van der Waals surface area (Å²) >= 11 is 0. The third-order valence-corrected chi connectivity index (χ3v) is 6.66. The second-order valence-corrected chi connectivity index (χ2v) is 8.62. The largest absolute Gasteiger partial charge is 0.333 e. The summed E-state index contributed by atoms with van der Waals surface area (Å²) in [6.07, 6.45) is 4.61. The number of nitrogens with zero attached hydrogens (tertiary/aromatic N) is 4. The van der Waals surface area contributed by atoms with Gasteiger partial charge in [0.1, 0.15) is 0 Å². The molecule has 4 rings (SSSR count). The molecule has 0 radical (unpaired) electrons. The molecule has 0 aliphatic carbocycles. The predicted octanol–water partition coefficient (Wildman–Crippen LogP) is 2.65. The van der Waals surface area contributed by atoms with Gasteiger partial charge in [0, 0.05) is 38.3 Å². The van der Waals surface area contributed by atoms with Crippen LogP contribution in [-0.4, -0.2) is 70.8 Å². The van der Waals surface area contributed by atoms with Gasteiger partial charge in [-0.1, -0.05) is 18.6 Å².